The fraction of sp³-hybridized carbons (Fsp3) is 0.850. The van der Waals surface area contributed by atoms with Crippen LogP contribution in [0.5, 0.6) is 0 Å². The molecular weight excluding hydrogens is 374 g/mol. The molecule has 0 aromatic carbocycles. The van der Waals surface area contributed by atoms with E-state index in [9.17, 15) is 9.59 Å². The summed E-state index contributed by atoms with van der Waals surface area (Å²) in [6.07, 6.45) is 8.34. The number of nitrogens with zero attached hydrogens (tertiary/aromatic N) is 1. The Morgan fingerprint density at radius 2 is 2.07 bits per heavy atom. The number of nitrogens with two attached hydrogens (primary N) is 2. The second-order valence-electron chi connectivity index (χ2n) is 7.74. The predicted molar refractivity (Wildman–Crippen MR) is 112 cm³/mol. The van der Waals surface area contributed by atoms with Gasteiger partial charge in [0, 0.05) is 6.42 Å². The molecule has 1 aliphatic heterocycles. The summed E-state index contributed by atoms with van der Waals surface area (Å²) in [4.78, 5) is 21.4. The Morgan fingerprint density at radius 1 is 1.28 bits per heavy atom. The molecule has 0 radical (unpaired) electrons. The molecule has 2 rings (SSSR count). The van der Waals surface area contributed by atoms with Crippen molar-refractivity contribution in [3.05, 3.63) is 0 Å². The van der Waals surface area contributed by atoms with Crippen molar-refractivity contribution in [1.82, 2.24) is 10.9 Å². The second kappa shape index (κ2) is 15.0. The van der Waals surface area contributed by atoms with Gasteiger partial charge in [-0.3, -0.25) is 9.59 Å². The highest BCUT2D eigenvalue weighted by Gasteiger charge is 2.38. The zero-order valence-electron chi connectivity index (χ0n) is 17.9. The van der Waals surface area contributed by atoms with Crippen LogP contribution in [0.4, 0.5) is 0 Å². The molecule has 0 aromatic heterocycles. The van der Waals surface area contributed by atoms with Crippen LogP contribution in [0.2, 0.25) is 0 Å². The van der Waals surface area contributed by atoms with E-state index in [0.29, 0.717) is 43.3 Å². The number of carbonyl (C=O) groups is 2. The molecular formula is C20H39N5O4. The molecule has 9 nitrogen and oxygen atoms in total. The van der Waals surface area contributed by atoms with Crippen LogP contribution in [0.1, 0.15) is 65.2 Å². The van der Waals surface area contributed by atoms with Crippen molar-refractivity contribution in [2.75, 3.05) is 19.8 Å². The smallest absolute Gasteiger partial charge is 0.323 e. The van der Waals surface area contributed by atoms with Gasteiger partial charge in [-0.1, -0.05) is 19.8 Å². The molecule has 29 heavy (non-hydrogen) atoms. The third-order valence-corrected chi connectivity index (χ3v) is 5.69. The molecule has 0 aromatic rings. The van der Waals surface area contributed by atoms with Crippen molar-refractivity contribution in [1.29, 1.82) is 0 Å². The number of hydrazone groups is 1. The first-order valence-corrected chi connectivity index (χ1v) is 10.8. The second-order valence-corrected chi connectivity index (χ2v) is 7.74. The lowest BCUT2D eigenvalue weighted by atomic mass is 9.69. The Morgan fingerprint density at radius 3 is 2.69 bits per heavy atom. The third-order valence-electron chi connectivity index (χ3n) is 5.69. The summed E-state index contributed by atoms with van der Waals surface area (Å²) in [6.45, 7) is 6.24. The van der Waals surface area contributed by atoms with Gasteiger partial charge in [-0.25, -0.2) is 11.4 Å². The molecule has 1 aliphatic carbocycles. The van der Waals surface area contributed by atoms with Gasteiger partial charge >= 0.3 is 5.97 Å². The fourth-order valence-electron chi connectivity index (χ4n) is 4.08. The van der Waals surface area contributed by atoms with Gasteiger partial charge in [-0.05, 0) is 63.3 Å². The minimum atomic E-state index is -0.130. The van der Waals surface area contributed by atoms with Gasteiger partial charge in [0.1, 0.15) is 11.9 Å². The van der Waals surface area contributed by atoms with Gasteiger partial charge in [0.05, 0.1) is 13.2 Å². The Hall–Kier alpha value is -1.87. The van der Waals surface area contributed by atoms with Crippen LogP contribution in [0.25, 0.3) is 0 Å². The van der Waals surface area contributed by atoms with Gasteiger partial charge in [0.2, 0.25) is 0 Å². The number of hydrazine groups is 1. The molecule has 0 spiro atoms. The van der Waals surface area contributed by atoms with Crippen LogP contribution in [0.3, 0.4) is 0 Å². The number of piperidine rings is 1. The summed E-state index contributed by atoms with van der Waals surface area (Å²) in [6, 6.07) is -0.130. The Kier molecular flexibility index (Phi) is 13.0. The van der Waals surface area contributed by atoms with Crippen LogP contribution >= 0.6 is 0 Å². The maximum atomic E-state index is 12.2. The van der Waals surface area contributed by atoms with Crippen molar-refractivity contribution in [3.63, 3.8) is 0 Å². The van der Waals surface area contributed by atoms with E-state index in [1.165, 1.54) is 19.3 Å². The van der Waals surface area contributed by atoms with Gasteiger partial charge in [-0.2, -0.15) is 5.10 Å². The van der Waals surface area contributed by atoms with Crippen molar-refractivity contribution in [2.45, 2.75) is 71.3 Å². The minimum Gasteiger partial charge on any atom is -0.468 e. The predicted octanol–water partition coefficient (Wildman–Crippen LogP) is 1.42. The molecule has 0 amide bonds. The molecule has 9 heteroatoms. The molecule has 6 N–H and O–H groups in total. The number of unbranched alkanes of at least 4 members (excludes halogenated alkanes) is 1. The molecule has 4 atom stereocenters. The topological polar surface area (TPSA) is 141 Å². The number of hydrogen-bond acceptors (Lipinski definition) is 8. The van der Waals surface area contributed by atoms with Gasteiger partial charge in [0.25, 0.3) is 6.47 Å². The molecule has 1 heterocycles. The highest BCUT2D eigenvalue weighted by molar-refractivity contribution is 5.79. The summed E-state index contributed by atoms with van der Waals surface area (Å²) >= 11 is 0. The van der Waals surface area contributed by atoms with Crippen molar-refractivity contribution < 1.29 is 19.1 Å². The lowest BCUT2D eigenvalue weighted by Crippen LogP contribution is -2.50. The monoisotopic (exact) mass is 413 g/mol. The SMILES string of the molecule is CCCCOC(=O)C1CC2CC(CC/C(N)=N/NN)CCC2CN1.CCOC=O. The van der Waals surface area contributed by atoms with E-state index in [4.69, 9.17) is 16.3 Å². The van der Waals surface area contributed by atoms with Crippen molar-refractivity contribution >= 4 is 18.3 Å². The fourth-order valence-corrected chi connectivity index (χ4v) is 4.08. The number of ether oxygens (including phenoxy) is 2. The Bertz CT molecular complexity index is 503. The molecule has 1 saturated heterocycles. The van der Waals surface area contributed by atoms with Crippen LogP contribution in [0, 0.1) is 17.8 Å². The van der Waals surface area contributed by atoms with E-state index in [2.05, 4.69) is 27.6 Å². The van der Waals surface area contributed by atoms with E-state index in [1.54, 1.807) is 6.92 Å². The largest absolute Gasteiger partial charge is 0.468 e. The third kappa shape index (κ3) is 9.94. The molecule has 4 unspecified atom stereocenters. The van der Waals surface area contributed by atoms with Gasteiger partial charge in [-0.15, -0.1) is 0 Å². The lowest BCUT2D eigenvalue weighted by molar-refractivity contribution is -0.148. The number of rotatable bonds is 10. The number of esters is 1. The van der Waals surface area contributed by atoms with E-state index in [1.807, 2.05) is 0 Å². The zero-order chi connectivity index (χ0) is 21.5. The highest BCUT2D eigenvalue weighted by atomic mass is 16.5. The maximum absolute atomic E-state index is 12.2. The quantitative estimate of drug-likeness (QED) is 0.0801. The van der Waals surface area contributed by atoms with E-state index in [-0.39, 0.29) is 12.0 Å². The number of amidine groups is 1. The average Bonchev–Trinajstić information content (AvgIpc) is 2.73. The molecule has 2 aliphatic rings. The first kappa shape index (κ1) is 25.2. The molecule has 168 valence electrons. The summed E-state index contributed by atoms with van der Waals surface area (Å²) in [5.41, 5.74) is 8.03. The highest BCUT2D eigenvalue weighted by Crippen LogP contribution is 2.40. The number of fused-ring (bicyclic) bond motifs is 1. The van der Waals surface area contributed by atoms with E-state index >= 15 is 0 Å². The zero-order valence-corrected chi connectivity index (χ0v) is 17.9. The van der Waals surface area contributed by atoms with Crippen molar-refractivity contribution in [3.8, 4) is 0 Å². The summed E-state index contributed by atoms with van der Waals surface area (Å²) in [5.74, 6) is 7.59. The summed E-state index contributed by atoms with van der Waals surface area (Å²) in [7, 11) is 0. The van der Waals surface area contributed by atoms with Crippen LogP contribution in [-0.2, 0) is 19.1 Å². The van der Waals surface area contributed by atoms with Gasteiger partial charge < -0.3 is 20.5 Å². The van der Waals surface area contributed by atoms with E-state index < -0.39 is 0 Å². The molecule has 2 fully saturated rings. The van der Waals surface area contributed by atoms with Gasteiger partial charge in [0.15, 0.2) is 0 Å². The molecule has 1 saturated carbocycles. The van der Waals surface area contributed by atoms with Crippen LogP contribution in [-0.4, -0.2) is 44.1 Å². The maximum Gasteiger partial charge on any atom is 0.323 e. The number of nitrogens with one attached hydrogen (secondary N) is 2. The summed E-state index contributed by atoms with van der Waals surface area (Å²) < 4.78 is 9.53. The average molecular weight is 414 g/mol. The summed E-state index contributed by atoms with van der Waals surface area (Å²) in [5, 5.41) is 7.20. The molecule has 0 bridgehead atoms. The Balaban J connectivity index is 0.000000749. The van der Waals surface area contributed by atoms with Crippen molar-refractivity contribution in [2.24, 2.45) is 34.4 Å². The first-order valence-electron chi connectivity index (χ1n) is 10.8. The minimum absolute atomic E-state index is 0.0746. The first-order chi connectivity index (χ1) is 14.0. The standard InChI is InChI=1S/C17H33N5O2.C3H6O2/c1-2-3-8-24-17(23)15-10-14-9-12(4-6-13(14)11-20-15)5-7-16(18)21-22-19;1-2-5-3-4/h12-15,20,22H,2-11,19H2,1H3,(H2,18,21);3H,2H2,1H3. The number of carbonyl (C=O) groups excluding carboxylic acids is 2. The number of hydrogen-bond donors (Lipinski definition) is 4. The lowest BCUT2D eigenvalue weighted by Gasteiger charge is -2.42. The van der Waals surface area contributed by atoms with Crippen LogP contribution < -0.4 is 22.4 Å². The normalized spacial score (nSPS) is 26.4. The van der Waals surface area contributed by atoms with Crippen LogP contribution in [0.15, 0.2) is 5.10 Å². The Labute approximate surface area is 174 Å². The van der Waals surface area contributed by atoms with E-state index in [0.717, 1.165) is 38.6 Å².